The average molecular weight is 217 g/mol. The number of rotatable bonds is 3. The Morgan fingerprint density at radius 1 is 1.44 bits per heavy atom. The summed E-state index contributed by atoms with van der Waals surface area (Å²) in [6, 6.07) is 0. The van der Waals surface area contributed by atoms with Gasteiger partial charge in [-0.15, -0.1) is 0 Å². The summed E-state index contributed by atoms with van der Waals surface area (Å²) in [5.41, 5.74) is 2.66. The molecule has 0 atom stereocenters. The normalized spacial score (nSPS) is 20.8. The highest BCUT2D eigenvalue weighted by molar-refractivity contribution is 5.22. The van der Waals surface area contributed by atoms with Gasteiger partial charge in [0.2, 0.25) is 0 Å². The van der Waals surface area contributed by atoms with Gasteiger partial charge in [0.15, 0.2) is 0 Å². The van der Waals surface area contributed by atoms with Gasteiger partial charge >= 0.3 is 0 Å². The summed E-state index contributed by atoms with van der Waals surface area (Å²) in [5, 5.41) is 0. The van der Waals surface area contributed by atoms with Crippen molar-refractivity contribution in [2.24, 2.45) is 0 Å². The lowest BCUT2D eigenvalue weighted by Gasteiger charge is -2.27. The van der Waals surface area contributed by atoms with Crippen LogP contribution >= 0.6 is 0 Å². The van der Waals surface area contributed by atoms with Crippen molar-refractivity contribution in [1.82, 2.24) is 14.9 Å². The molecule has 1 aliphatic carbocycles. The van der Waals surface area contributed by atoms with Crippen LogP contribution in [-0.4, -0.2) is 28.0 Å². The maximum absolute atomic E-state index is 4.75. The molecule has 2 heterocycles. The van der Waals surface area contributed by atoms with E-state index in [1.165, 1.54) is 43.6 Å². The summed E-state index contributed by atoms with van der Waals surface area (Å²) in [7, 11) is 0. The fourth-order valence-electron chi connectivity index (χ4n) is 2.42. The van der Waals surface area contributed by atoms with Gasteiger partial charge in [0.25, 0.3) is 0 Å². The molecule has 0 radical (unpaired) electrons. The van der Waals surface area contributed by atoms with E-state index in [4.69, 9.17) is 4.98 Å². The minimum atomic E-state index is 0.673. The molecule has 16 heavy (non-hydrogen) atoms. The van der Waals surface area contributed by atoms with Crippen LogP contribution in [-0.2, 0) is 13.0 Å². The average Bonchev–Trinajstić information content (AvgIpc) is 3.12. The fraction of sp³-hybridized carbons (Fsp3) is 0.692. The molecular weight excluding hydrogens is 198 g/mol. The van der Waals surface area contributed by atoms with Crippen LogP contribution in [0.5, 0.6) is 0 Å². The first-order chi connectivity index (χ1) is 7.86. The van der Waals surface area contributed by atoms with Crippen molar-refractivity contribution in [1.29, 1.82) is 0 Å². The summed E-state index contributed by atoms with van der Waals surface area (Å²) in [5.74, 6) is 1.77. The molecule has 0 bridgehead atoms. The van der Waals surface area contributed by atoms with E-state index in [2.05, 4.69) is 23.0 Å². The number of hydrogen-bond donors (Lipinski definition) is 0. The Kier molecular flexibility index (Phi) is 2.64. The van der Waals surface area contributed by atoms with Crippen molar-refractivity contribution in [2.75, 3.05) is 13.1 Å². The summed E-state index contributed by atoms with van der Waals surface area (Å²) < 4.78 is 0. The smallest absolute Gasteiger partial charge is 0.131 e. The standard InChI is InChI=1S/C13H19N3/c1-2-6-16-7-5-11-8-14-13(10-3-4-10)15-12(11)9-16/h8,10H,2-7,9H2,1H3. The lowest BCUT2D eigenvalue weighted by Crippen LogP contribution is -2.32. The van der Waals surface area contributed by atoms with Crippen molar-refractivity contribution in [3.05, 3.63) is 23.3 Å². The Hall–Kier alpha value is -0.960. The van der Waals surface area contributed by atoms with Crippen molar-refractivity contribution in [3.8, 4) is 0 Å². The third-order valence-corrected chi connectivity index (χ3v) is 3.53. The first-order valence-corrected chi connectivity index (χ1v) is 6.44. The Bertz CT molecular complexity index is 385. The van der Waals surface area contributed by atoms with Crippen LogP contribution in [0, 0.1) is 0 Å². The Morgan fingerprint density at radius 2 is 2.31 bits per heavy atom. The highest BCUT2D eigenvalue weighted by Crippen LogP contribution is 2.38. The van der Waals surface area contributed by atoms with E-state index in [1.807, 2.05) is 0 Å². The molecule has 1 aliphatic heterocycles. The quantitative estimate of drug-likeness (QED) is 0.776. The minimum Gasteiger partial charge on any atom is -0.297 e. The van der Waals surface area contributed by atoms with Gasteiger partial charge < -0.3 is 0 Å². The predicted molar refractivity (Wildman–Crippen MR) is 63.3 cm³/mol. The predicted octanol–water partition coefficient (Wildman–Crippen LogP) is 2.12. The van der Waals surface area contributed by atoms with Crippen LogP contribution in [0.4, 0.5) is 0 Å². The lowest BCUT2D eigenvalue weighted by atomic mass is 10.1. The van der Waals surface area contributed by atoms with Gasteiger partial charge in [0.05, 0.1) is 5.69 Å². The largest absolute Gasteiger partial charge is 0.297 e. The van der Waals surface area contributed by atoms with Crippen LogP contribution in [0.1, 0.15) is 49.2 Å². The van der Waals surface area contributed by atoms with E-state index in [9.17, 15) is 0 Å². The zero-order chi connectivity index (χ0) is 11.0. The molecule has 86 valence electrons. The lowest BCUT2D eigenvalue weighted by molar-refractivity contribution is 0.250. The number of aromatic nitrogens is 2. The van der Waals surface area contributed by atoms with Gasteiger partial charge in [0.1, 0.15) is 5.82 Å². The molecule has 3 heteroatoms. The van der Waals surface area contributed by atoms with E-state index >= 15 is 0 Å². The van der Waals surface area contributed by atoms with Gasteiger partial charge in [-0.25, -0.2) is 9.97 Å². The zero-order valence-corrected chi connectivity index (χ0v) is 9.95. The van der Waals surface area contributed by atoms with Gasteiger partial charge in [-0.3, -0.25) is 4.90 Å². The third kappa shape index (κ3) is 1.96. The highest BCUT2D eigenvalue weighted by atomic mass is 15.1. The first-order valence-electron chi connectivity index (χ1n) is 6.44. The summed E-state index contributed by atoms with van der Waals surface area (Å²) in [4.78, 5) is 11.8. The first kappa shape index (κ1) is 10.2. The second-order valence-electron chi connectivity index (χ2n) is 5.00. The molecule has 1 aromatic heterocycles. The van der Waals surface area contributed by atoms with Crippen LogP contribution in [0.25, 0.3) is 0 Å². The maximum Gasteiger partial charge on any atom is 0.131 e. The Labute approximate surface area is 96.9 Å². The molecule has 0 unspecified atom stereocenters. The molecule has 0 N–H and O–H groups in total. The van der Waals surface area contributed by atoms with E-state index in [0.717, 1.165) is 18.8 Å². The summed E-state index contributed by atoms with van der Waals surface area (Å²) >= 11 is 0. The summed E-state index contributed by atoms with van der Waals surface area (Å²) in [6.07, 6.45) is 7.00. The number of hydrogen-bond acceptors (Lipinski definition) is 3. The zero-order valence-electron chi connectivity index (χ0n) is 9.95. The van der Waals surface area contributed by atoms with Crippen molar-refractivity contribution >= 4 is 0 Å². The second kappa shape index (κ2) is 4.13. The topological polar surface area (TPSA) is 29.0 Å². The molecule has 3 rings (SSSR count). The molecule has 3 nitrogen and oxygen atoms in total. The van der Waals surface area contributed by atoms with E-state index in [1.54, 1.807) is 0 Å². The molecule has 0 spiro atoms. The monoisotopic (exact) mass is 217 g/mol. The Morgan fingerprint density at radius 3 is 3.06 bits per heavy atom. The van der Waals surface area contributed by atoms with Crippen molar-refractivity contribution < 1.29 is 0 Å². The molecule has 0 aromatic carbocycles. The molecule has 2 aliphatic rings. The van der Waals surface area contributed by atoms with Crippen molar-refractivity contribution in [3.63, 3.8) is 0 Å². The number of nitrogens with zero attached hydrogens (tertiary/aromatic N) is 3. The van der Waals surface area contributed by atoms with Gasteiger partial charge in [0, 0.05) is 25.2 Å². The molecule has 0 saturated heterocycles. The van der Waals surface area contributed by atoms with Crippen LogP contribution in [0.15, 0.2) is 6.20 Å². The van der Waals surface area contributed by atoms with E-state index in [0.29, 0.717) is 5.92 Å². The van der Waals surface area contributed by atoms with Crippen LogP contribution < -0.4 is 0 Å². The van der Waals surface area contributed by atoms with Crippen molar-refractivity contribution in [2.45, 2.75) is 45.1 Å². The maximum atomic E-state index is 4.75. The van der Waals surface area contributed by atoms with Gasteiger partial charge in [-0.1, -0.05) is 6.92 Å². The molecular formula is C13H19N3. The molecule has 1 aromatic rings. The number of fused-ring (bicyclic) bond motifs is 1. The minimum absolute atomic E-state index is 0.673. The van der Waals surface area contributed by atoms with Crippen LogP contribution in [0.3, 0.4) is 0 Å². The SMILES string of the molecule is CCCN1CCc2cnc(C3CC3)nc2C1. The van der Waals surface area contributed by atoms with E-state index in [-0.39, 0.29) is 0 Å². The second-order valence-corrected chi connectivity index (χ2v) is 5.00. The third-order valence-electron chi connectivity index (χ3n) is 3.53. The summed E-state index contributed by atoms with van der Waals surface area (Å²) in [6.45, 7) is 5.64. The molecule has 1 fully saturated rings. The molecule has 1 saturated carbocycles. The van der Waals surface area contributed by atoms with Crippen LogP contribution in [0.2, 0.25) is 0 Å². The Balaban J connectivity index is 1.81. The van der Waals surface area contributed by atoms with Gasteiger partial charge in [-0.2, -0.15) is 0 Å². The highest BCUT2D eigenvalue weighted by Gasteiger charge is 2.28. The fourth-order valence-corrected chi connectivity index (χ4v) is 2.42. The molecule has 0 amide bonds. The van der Waals surface area contributed by atoms with E-state index < -0.39 is 0 Å². The van der Waals surface area contributed by atoms with Gasteiger partial charge in [-0.05, 0) is 37.8 Å².